The smallest absolute Gasteiger partial charge is 0.358 e. The third-order valence-corrected chi connectivity index (χ3v) is 2.34. The van der Waals surface area contributed by atoms with Crippen molar-refractivity contribution >= 4 is 5.97 Å². The van der Waals surface area contributed by atoms with Crippen LogP contribution >= 0.6 is 0 Å². The van der Waals surface area contributed by atoms with E-state index in [-0.39, 0.29) is 17.6 Å². The van der Waals surface area contributed by atoms with Gasteiger partial charge in [0.1, 0.15) is 0 Å². The van der Waals surface area contributed by atoms with E-state index < -0.39 is 5.97 Å². The van der Waals surface area contributed by atoms with Crippen LogP contribution in [0.4, 0.5) is 0 Å². The number of carbonyl (C=O) groups is 1. The lowest BCUT2D eigenvalue weighted by Crippen LogP contribution is -2.05. The van der Waals surface area contributed by atoms with Crippen LogP contribution in [0.15, 0.2) is 24.8 Å². The molecule has 0 atom stereocenters. The number of hydrogen-bond acceptors (Lipinski definition) is 6. The molecule has 2 aromatic heterocycles. The number of rotatable bonds is 4. The second-order valence-corrected chi connectivity index (χ2v) is 4.09. The predicted molar refractivity (Wildman–Crippen MR) is 66.1 cm³/mol. The van der Waals surface area contributed by atoms with Crippen LogP contribution in [-0.2, 0) is 4.74 Å². The lowest BCUT2D eigenvalue weighted by atomic mass is 10.4. The third-order valence-electron chi connectivity index (χ3n) is 2.34. The molecule has 2 aromatic rings. The number of ether oxygens (including phenoxy) is 2. The van der Waals surface area contributed by atoms with Crippen molar-refractivity contribution in [1.82, 2.24) is 19.7 Å². The molecule has 0 bridgehead atoms. The molecule has 0 saturated heterocycles. The van der Waals surface area contributed by atoms with Gasteiger partial charge in [0.2, 0.25) is 5.88 Å². The number of esters is 1. The number of methoxy groups -OCH3 is 1. The number of hydrogen-bond donors (Lipinski definition) is 0. The number of carbonyl (C=O) groups excluding carboxylic acids is 1. The average molecular weight is 262 g/mol. The SMILES string of the molecule is COC(=O)c1cncc(Oc2cnn(C(C)C)c2)n1. The highest BCUT2D eigenvalue weighted by atomic mass is 16.5. The molecule has 0 fully saturated rings. The minimum atomic E-state index is -0.559. The van der Waals surface area contributed by atoms with Crippen molar-refractivity contribution in [2.45, 2.75) is 19.9 Å². The summed E-state index contributed by atoms with van der Waals surface area (Å²) in [6.07, 6.45) is 6.05. The fourth-order valence-electron chi connectivity index (χ4n) is 1.38. The first-order chi connectivity index (χ1) is 9.10. The summed E-state index contributed by atoms with van der Waals surface area (Å²) in [5.74, 6) is 0.187. The molecule has 0 radical (unpaired) electrons. The molecule has 2 rings (SSSR count). The quantitative estimate of drug-likeness (QED) is 0.782. The third kappa shape index (κ3) is 3.06. The second-order valence-electron chi connectivity index (χ2n) is 4.09. The second kappa shape index (κ2) is 5.47. The van der Waals surface area contributed by atoms with Crippen LogP contribution in [0, 0.1) is 0 Å². The lowest BCUT2D eigenvalue weighted by Gasteiger charge is -2.04. The maximum Gasteiger partial charge on any atom is 0.358 e. The minimum Gasteiger partial charge on any atom is -0.464 e. The molecule has 0 unspecified atom stereocenters. The van der Waals surface area contributed by atoms with Crippen LogP contribution < -0.4 is 4.74 Å². The summed E-state index contributed by atoms with van der Waals surface area (Å²) in [7, 11) is 1.28. The molecule has 0 aliphatic carbocycles. The van der Waals surface area contributed by atoms with Crippen molar-refractivity contribution in [3.63, 3.8) is 0 Å². The van der Waals surface area contributed by atoms with E-state index in [0.29, 0.717) is 5.75 Å². The van der Waals surface area contributed by atoms with Crippen molar-refractivity contribution in [2.75, 3.05) is 7.11 Å². The van der Waals surface area contributed by atoms with Crippen molar-refractivity contribution in [2.24, 2.45) is 0 Å². The Balaban J connectivity index is 2.16. The summed E-state index contributed by atoms with van der Waals surface area (Å²) < 4.78 is 11.8. The molecule has 0 aliphatic heterocycles. The molecule has 2 heterocycles. The maximum atomic E-state index is 11.3. The Labute approximate surface area is 110 Å². The average Bonchev–Trinajstić information content (AvgIpc) is 2.87. The van der Waals surface area contributed by atoms with Gasteiger partial charge in [0.15, 0.2) is 11.4 Å². The van der Waals surface area contributed by atoms with E-state index in [0.717, 1.165) is 0 Å². The van der Waals surface area contributed by atoms with E-state index in [1.165, 1.54) is 19.5 Å². The highest BCUT2D eigenvalue weighted by Crippen LogP contribution is 2.19. The van der Waals surface area contributed by atoms with Gasteiger partial charge in [-0.15, -0.1) is 0 Å². The normalized spacial score (nSPS) is 10.5. The zero-order chi connectivity index (χ0) is 13.8. The lowest BCUT2D eigenvalue weighted by molar-refractivity contribution is 0.0592. The van der Waals surface area contributed by atoms with Crippen molar-refractivity contribution in [3.8, 4) is 11.6 Å². The summed E-state index contributed by atoms with van der Waals surface area (Å²) in [5.41, 5.74) is 0.0938. The van der Waals surface area contributed by atoms with E-state index in [9.17, 15) is 4.79 Å². The van der Waals surface area contributed by atoms with Gasteiger partial charge in [-0.05, 0) is 13.8 Å². The van der Waals surface area contributed by atoms with Gasteiger partial charge in [0, 0.05) is 6.04 Å². The molecule has 0 saturated carbocycles. The highest BCUT2D eigenvalue weighted by Gasteiger charge is 2.10. The first-order valence-corrected chi connectivity index (χ1v) is 5.72. The van der Waals surface area contributed by atoms with Crippen LogP contribution in [0.3, 0.4) is 0 Å². The zero-order valence-corrected chi connectivity index (χ0v) is 10.9. The fraction of sp³-hybridized carbons (Fsp3) is 0.333. The Morgan fingerprint density at radius 1 is 1.32 bits per heavy atom. The molecule has 19 heavy (non-hydrogen) atoms. The van der Waals surface area contributed by atoms with E-state index in [1.807, 2.05) is 13.8 Å². The topological polar surface area (TPSA) is 79.1 Å². The van der Waals surface area contributed by atoms with E-state index >= 15 is 0 Å². The maximum absolute atomic E-state index is 11.3. The van der Waals surface area contributed by atoms with Crippen LogP contribution in [0.1, 0.15) is 30.4 Å². The Morgan fingerprint density at radius 3 is 2.74 bits per heavy atom. The molecular weight excluding hydrogens is 248 g/mol. The van der Waals surface area contributed by atoms with Gasteiger partial charge in [-0.3, -0.25) is 9.67 Å². The Kier molecular flexibility index (Phi) is 3.74. The van der Waals surface area contributed by atoms with Crippen LogP contribution in [-0.4, -0.2) is 32.8 Å². The molecular formula is C12H14N4O3. The van der Waals surface area contributed by atoms with Gasteiger partial charge < -0.3 is 9.47 Å². The molecule has 0 spiro atoms. The van der Waals surface area contributed by atoms with Crippen LogP contribution in [0.25, 0.3) is 0 Å². The summed E-state index contributed by atoms with van der Waals surface area (Å²) in [6.45, 7) is 4.02. The Morgan fingerprint density at radius 2 is 2.11 bits per heavy atom. The van der Waals surface area contributed by atoms with Gasteiger partial charge in [0.05, 0.1) is 31.9 Å². The highest BCUT2D eigenvalue weighted by molar-refractivity contribution is 5.86. The first-order valence-electron chi connectivity index (χ1n) is 5.72. The zero-order valence-electron chi connectivity index (χ0n) is 10.9. The van der Waals surface area contributed by atoms with Crippen molar-refractivity contribution < 1.29 is 14.3 Å². The number of nitrogens with zero attached hydrogens (tertiary/aromatic N) is 4. The van der Waals surface area contributed by atoms with Crippen molar-refractivity contribution in [1.29, 1.82) is 0 Å². The monoisotopic (exact) mass is 262 g/mol. The standard InChI is InChI=1S/C12H14N4O3/c1-8(2)16-7-9(4-14-16)19-11-6-13-5-10(15-11)12(17)18-3/h4-8H,1-3H3. The van der Waals surface area contributed by atoms with Crippen molar-refractivity contribution in [3.05, 3.63) is 30.5 Å². The van der Waals surface area contributed by atoms with Gasteiger partial charge in [-0.2, -0.15) is 5.10 Å². The minimum absolute atomic E-state index is 0.0938. The number of aromatic nitrogens is 4. The summed E-state index contributed by atoms with van der Waals surface area (Å²) in [4.78, 5) is 19.2. The van der Waals surface area contributed by atoms with E-state index in [2.05, 4.69) is 19.8 Å². The van der Waals surface area contributed by atoms with Gasteiger partial charge in [-0.25, -0.2) is 9.78 Å². The molecule has 100 valence electrons. The van der Waals surface area contributed by atoms with Gasteiger partial charge in [-0.1, -0.05) is 0 Å². The fourth-order valence-corrected chi connectivity index (χ4v) is 1.38. The molecule has 0 N–H and O–H groups in total. The molecule has 0 amide bonds. The Hall–Kier alpha value is -2.44. The Bertz CT molecular complexity index is 580. The summed E-state index contributed by atoms with van der Waals surface area (Å²) in [6, 6.07) is 0.241. The largest absolute Gasteiger partial charge is 0.464 e. The van der Waals surface area contributed by atoms with Crippen LogP contribution in [0.5, 0.6) is 11.6 Å². The van der Waals surface area contributed by atoms with Gasteiger partial charge in [0.25, 0.3) is 0 Å². The predicted octanol–water partition coefficient (Wildman–Crippen LogP) is 1.83. The summed E-state index contributed by atoms with van der Waals surface area (Å²) in [5, 5.41) is 4.14. The van der Waals surface area contributed by atoms with E-state index in [1.54, 1.807) is 17.1 Å². The molecule has 0 aliphatic rings. The molecule has 7 nitrogen and oxygen atoms in total. The molecule has 0 aromatic carbocycles. The first kappa shape index (κ1) is 13.0. The van der Waals surface area contributed by atoms with Crippen LogP contribution in [0.2, 0.25) is 0 Å². The van der Waals surface area contributed by atoms with Gasteiger partial charge >= 0.3 is 5.97 Å². The van der Waals surface area contributed by atoms with E-state index in [4.69, 9.17) is 4.74 Å². The molecule has 7 heteroatoms. The summed E-state index contributed by atoms with van der Waals surface area (Å²) >= 11 is 0.